The van der Waals surface area contributed by atoms with Crippen molar-refractivity contribution in [3.05, 3.63) is 47.7 Å². The van der Waals surface area contributed by atoms with Crippen LogP contribution in [0, 0.1) is 0 Å². The first kappa shape index (κ1) is 24.9. The van der Waals surface area contributed by atoms with Crippen LogP contribution in [0.5, 0.6) is 0 Å². The lowest BCUT2D eigenvalue weighted by Gasteiger charge is -2.40. The van der Waals surface area contributed by atoms with E-state index >= 15 is 0 Å². The van der Waals surface area contributed by atoms with Crippen molar-refractivity contribution in [1.82, 2.24) is 19.8 Å². The molecular weight excluding hydrogens is 460 g/mol. The Morgan fingerprint density at radius 2 is 1.86 bits per heavy atom. The molecule has 36 heavy (non-hydrogen) atoms. The third kappa shape index (κ3) is 5.62. The van der Waals surface area contributed by atoms with E-state index in [1.807, 2.05) is 6.92 Å². The molecule has 194 valence electrons. The predicted octanol–water partition coefficient (Wildman–Crippen LogP) is 2.61. The molecule has 0 bridgehead atoms. The standard InChI is InChI=1S/C26H36N6O4/c1-19(28-24-27-10-7-23(29-24)32-25(33)36-18-26(32,2)34)21-5-3-20(4-6-21)17-30-11-8-22(9-12-30)31-13-15-35-16-14-31/h3-7,10,19,22,34H,8-9,11-18H2,1-2H3,(H,27,28,29)/t19-,26-/m0/s1. The van der Waals surface area contributed by atoms with Crippen molar-refractivity contribution in [3.8, 4) is 0 Å². The smallest absolute Gasteiger partial charge is 0.418 e. The molecule has 3 aliphatic heterocycles. The Morgan fingerprint density at radius 3 is 2.53 bits per heavy atom. The number of morpholine rings is 1. The zero-order valence-electron chi connectivity index (χ0n) is 21.1. The van der Waals surface area contributed by atoms with Crippen LogP contribution in [-0.4, -0.2) is 88.7 Å². The highest BCUT2D eigenvalue weighted by Crippen LogP contribution is 2.28. The molecule has 10 nitrogen and oxygen atoms in total. The molecular formula is C26H36N6O4. The Labute approximate surface area is 212 Å². The Morgan fingerprint density at radius 1 is 1.14 bits per heavy atom. The summed E-state index contributed by atoms with van der Waals surface area (Å²) in [7, 11) is 0. The lowest BCUT2D eigenvalue weighted by molar-refractivity contribution is 0.000230. The zero-order chi connectivity index (χ0) is 25.1. The summed E-state index contributed by atoms with van der Waals surface area (Å²) in [5, 5.41) is 13.7. The van der Waals surface area contributed by atoms with Crippen molar-refractivity contribution in [1.29, 1.82) is 0 Å². The highest BCUT2D eigenvalue weighted by molar-refractivity contribution is 5.89. The van der Waals surface area contributed by atoms with Crippen LogP contribution in [0.15, 0.2) is 36.5 Å². The lowest BCUT2D eigenvalue weighted by Crippen LogP contribution is -2.48. The van der Waals surface area contributed by atoms with Gasteiger partial charge in [-0.3, -0.25) is 9.80 Å². The second-order valence-electron chi connectivity index (χ2n) is 10.1. The average Bonchev–Trinajstić information content (AvgIpc) is 3.17. The van der Waals surface area contributed by atoms with Gasteiger partial charge in [-0.05, 0) is 57.0 Å². The van der Waals surface area contributed by atoms with E-state index < -0.39 is 11.8 Å². The second kappa shape index (κ2) is 10.7. The zero-order valence-corrected chi connectivity index (χ0v) is 21.1. The minimum atomic E-state index is -1.44. The van der Waals surface area contributed by atoms with Gasteiger partial charge >= 0.3 is 6.09 Å². The summed E-state index contributed by atoms with van der Waals surface area (Å²) >= 11 is 0. The van der Waals surface area contributed by atoms with E-state index in [1.165, 1.54) is 25.3 Å². The van der Waals surface area contributed by atoms with E-state index in [1.54, 1.807) is 12.3 Å². The summed E-state index contributed by atoms with van der Waals surface area (Å²) in [4.78, 5) is 27.1. The fraction of sp³-hybridized carbons (Fsp3) is 0.577. The van der Waals surface area contributed by atoms with Crippen LogP contribution in [0.25, 0.3) is 0 Å². The van der Waals surface area contributed by atoms with Gasteiger partial charge in [-0.15, -0.1) is 0 Å². The molecule has 1 aromatic heterocycles. The molecule has 2 aromatic rings. The van der Waals surface area contributed by atoms with Crippen molar-refractivity contribution in [3.63, 3.8) is 0 Å². The fourth-order valence-electron chi connectivity index (χ4n) is 5.24. The van der Waals surface area contributed by atoms with E-state index in [2.05, 4.69) is 49.4 Å². The largest absolute Gasteiger partial charge is 0.444 e. The number of nitrogens with zero attached hydrogens (tertiary/aromatic N) is 5. The minimum Gasteiger partial charge on any atom is -0.444 e. The van der Waals surface area contributed by atoms with Gasteiger partial charge in [0.2, 0.25) is 5.95 Å². The number of rotatable bonds is 7. The number of hydrogen-bond donors (Lipinski definition) is 2. The molecule has 0 radical (unpaired) electrons. The number of benzene rings is 1. The molecule has 3 saturated heterocycles. The van der Waals surface area contributed by atoms with Gasteiger partial charge in [0.1, 0.15) is 12.4 Å². The topological polar surface area (TPSA) is 103 Å². The van der Waals surface area contributed by atoms with Crippen LogP contribution in [0.2, 0.25) is 0 Å². The molecule has 5 rings (SSSR count). The van der Waals surface area contributed by atoms with Gasteiger partial charge in [-0.2, -0.15) is 4.98 Å². The molecule has 0 aliphatic carbocycles. The minimum absolute atomic E-state index is 0.0374. The van der Waals surface area contributed by atoms with E-state index in [0.29, 0.717) is 17.8 Å². The maximum absolute atomic E-state index is 12.1. The maximum Gasteiger partial charge on any atom is 0.418 e. The summed E-state index contributed by atoms with van der Waals surface area (Å²) in [6, 6.07) is 10.9. The summed E-state index contributed by atoms with van der Waals surface area (Å²) in [6.45, 7) is 10.6. The van der Waals surface area contributed by atoms with Gasteiger partial charge in [0.05, 0.1) is 19.3 Å². The van der Waals surface area contributed by atoms with Crippen molar-refractivity contribution in [2.24, 2.45) is 0 Å². The number of hydrogen-bond acceptors (Lipinski definition) is 9. The van der Waals surface area contributed by atoms with E-state index in [9.17, 15) is 9.90 Å². The van der Waals surface area contributed by atoms with Gasteiger partial charge in [-0.1, -0.05) is 24.3 Å². The number of piperidine rings is 1. The van der Waals surface area contributed by atoms with Gasteiger partial charge in [-0.25, -0.2) is 14.7 Å². The Balaban J connectivity index is 1.14. The highest BCUT2D eigenvalue weighted by Gasteiger charge is 2.44. The maximum atomic E-state index is 12.1. The number of aromatic nitrogens is 2. The molecule has 0 unspecified atom stereocenters. The summed E-state index contributed by atoms with van der Waals surface area (Å²) in [5.74, 6) is 0.669. The molecule has 1 aromatic carbocycles. The Hall–Kier alpha value is -2.79. The third-order valence-corrected chi connectivity index (χ3v) is 7.35. The lowest BCUT2D eigenvalue weighted by atomic mass is 10.0. The molecule has 0 saturated carbocycles. The highest BCUT2D eigenvalue weighted by atomic mass is 16.6. The molecule has 2 N–H and O–H groups in total. The van der Waals surface area contributed by atoms with Crippen LogP contribution in [-0.2, 0) is 16.0 Å². The van der Waals surface area contributed by atoms with Gasteiger partial charge < -0.3 is 19.9 Å². The number of anilines is 2. The third-order valence-electron chi connectivity index (χ3n) is 7.35. The second-order valence-corrected chi connectivity index (χ2v) is 10.1. The number of cyclic esters (lactones) is 1. The number of amides is 1. The van der Waals surface area contributed by atoms with Gasteiger partial charge in [0.15, 0.2) is 5.72 Å². The molecule has 1 amide bonds. The first-order chi connectivity index (χ1) is 17.4. The number of likely N-dealkylation sites (tertiary alicyclic amines) is 1. The normalized spacial score (nSPS) is 25.1. The number of ether oxygens (including phenoxy) is 2. The number of nitrogens with one attached hydrogen (secondary N) is 1. The first-order valence-electron chi connectivity index (χ1n) is 12.8. The molecule has 4 heterocycles. The molecule has 10 heteroatoms. The first-order valence-corrected chi connectivity index (χ1v) is 12.8. The van der Waals surface area contributed by atoms with Crippen LogP contribution >= 0.6 is 0 Å². The molecule has 0 spiro atoms. The molecule has 3 aliphatic rings. The van der Waals surface area contributed by atoms with Crippen LogP contribution in [0.1, 0.15) is 43.9 Å². The van der Waals surface area contributed by atoms with E-state index in [-0.39, 0.29) is 12.6 Å². The van der Waals surface area contributed by atoms with E-state index in [0.717, 1.165) is 56.4 Å². The van der Waals surface area contributed by atoms with Crippen LogP contribution < -0.4 is 10.2 Å². The summed E-state index contributed by atoms with van der Waals surface area (Å²) in [6.07, 6.45) is 3.38. The average molecular weight is 497 g/mol. The fourth-order valence-corrected chi connectivity index (χ4v) is 5.24. The van der Waals surface area contributed by atoms with Crippen molar-refractivity contribution >= 4 is 17.9 Å². The summed E-state index contributed by atoms with van der Waals surface area (Å²) < 4.78 is 10.5. The quantitative estimate of drug-likeness (QED) is 0.599. The number of carbonyl (C=O) groups excluding carboxylic acids is 1. The van der Waals surface area contributed by atoms with Gasteiger partial charge in [0.25, 0.3) is 0 Å². The Bertz CT molecular complexity index is 1030. The predicted molar refractivity (Wildman–Crippen MR) is 136 cm³/mol. The molecule has 3 fully saturated rings. The number of carbonyl (C=O) groups is 1. The van der Waals surface area contributed by atoms with Gasteiger partial charge in [0, 0.05) is 31.9 Å². The Kier molecular flexibility index (Phi) is 7.38. The monoisotopic (exact) mass is 496 g/mol. The SMILES string of the molecule is C[C@H](Nc1nccc(N2C(=O)OC[C@]2(C)O)n1)c1ccc(CN2CCC(N3CCOCC3)CC2)cc1. The number of aliphatic hydroxyl groups is 1. The van der Waals surface area contributed by atoms with Crippen molar-refractivity contribution < 1.29 is 19.4 Å². The molecule has 2 atom stereocenters. The van der Waals surface area contributed by atoms with Crippen LogP contribution in [0.3, 0.4) is 0 Å². The van der Waals surface area contributed by atoms with Crippen molar-refractivity contribution in [2.45, 2.75) is 51.0 Å². The van der Waals surface area contributed by atoms with Crippen LogP contribution in [0.4, 0.5) is 16.6 Å². The van der Waals surface area contributed by atoms with Crippen molar-refractivity contribution in [2.75, 3.05) is 56.2 Å². The summed E-state index contributed by atoms with van der Waals surface area (Å²) in [5.41, 5.74) is 0.984. The van der Waals surface area contributed by atoms with E-state index in [4.69, 9.17) is 9.47 Å².